The minimum absolute atomic E-state index is 0.000629. The number of hydrogen-bond acceptors (Lipinski definition) is 5. The summed E-state index contributed by atoms with van der Waals surface area (Å²) in [5.74, 6) is 1.08. The first-order valence-electron chi connectivity index (χ1n) is 7.41. The first-order chi connectivity index (χ1) is 12.1. The van der Waals surface area contributed by atoms with Crippen LogP contribution in [0.3, 0.4) is 0 Å². The smallest absolute Gasteiger partial charge is 0.269 e. The van der Waals surface area contributed by atoms with E-state index in [1.165, 1.54) is 12.1 Å². The highest BCUT2D eigenvalue weighted by atomic mass is 16.6. The summed E-state index contributed by atoms with van der Waals surface area (Å²) in [5.41, 5.74) is 1.90. The van der Waals surface area contributed by atoms with Gasteiger partial charge >= 0.3 is 0 Å². The van der Waals surface area contributed by atoms with Crippen molar-refractivity contribution in [3.8, 4) is 17.5 Å². The fraction of sp³-hybridized carbons (Fsp3) is 0.0556. The maximum atomic E-state index is 10.7. The number of nitro groups is 1. The van der Waals surface area contributed by atoms with Gasteiger partial charge in [0, 0.05) is 24.7 Å². The van der Waals surface area contributed by atoms with Crippen LogP contribution in [0.1, 0.15) is 11.4 Å². The Morgan fingerprint density at radius 1 is 1.16 bits per heavy atom. The molecule has 0 atom stereocenters. The molecular weight excluding hydrogens is 318 g/mol. The van der Waals surface area contributed by atoms with Crippen molar-refractivity contribution in [2.45, 2.75) is 0 Å². The number of hydrogen-bond donors (Lipinski definition) is 0. The van der Waals surface area contributed by atoms with E-state index in [1.54, 1.807) is 29.8 Å². The number of rotatable bonds is 4. The van der Waals surface area contributed by atoms with Crippen LogP contribution in [-0.4, -0.2) is 19.7 Å². The summed E-state index contributed by atoms with van der Waals surface area (Å²) in [6.07, 6.45) is 1.63. The predicted octanol–water partition coefficient (Wildman–Crippen LogP) is 3.45. The minimum Gasteiger partial charge on any atom is -0.310 e. The third-order valence-electron chi connectivity index (χ3n) is 3.68. The average molecular weight is 331 g/mol. The molecule has 3 rings (SSSR count). The molecule has 3 aromatic rings. The first kappa shape index (κ1) is 16.1. The molecule has 0 saturated carbocycles. The number of benzene rings is 2. The molecule has 0 saturated heterocycles. The molecule has 7 nitrogen and oxygen atoms in total. The summed E-state index contributed by atoms with van der Waals surface area (Å²) in [6.45, 7) is 0. The molecule has 25 heavy (non-hydrogen) atoms. The monoisotopic (exact) mass is 331 g/mol. The summed E-state index contributed by atoms with van der Waals surface area (Å²) >= 11 is 0. The van der Waals surface area contributed by atoms with Crippen LogP contribution < -0.4 is 0 Å². The van der Waals surface area contributed by atoms with Crippen LogP contribution in [0.5, 0.6) is 0 Å². The maximum absolute atomic E-state index is 10.7. The summed E-state index contributed by atoms with van der Waals surface area (Å²) in [7, 11) is 1.79. The van der Waals surface area contributed by atoms with E-state index in [0.29, 0.717) is 22.8 Å². The molecule has 7 heteroatoms. The number of non-ortho nitro benzene ring substituents is 1. The van der Waals surface area contributed by atoms with Crippen molar-refractivity contribution in [2.75, 3.05) is 0 Å². The number of aromatic nitrogens is 3. The maximum Gasteiger partial charge on any atom is 0.269 e. The second-order valence-corrected chi connectivity index (χ2v) is 5.29. The Balaban J connectivity index is 1.98. The number of nitro benzene ring substituents is 1. The highest BCUT2D eigenvalue weighted by Gasteiger charge is 2.14. The minimum atomic E-state index is -0.465. The molecule has 122 valence electrons. The van der Waals surface area contributed by atoms with Crippen LogP contribution in [0.15, 0.2) is 54.6 Å². The molecule has 0 N–H and O–H groups in total. The zero-order valence-electron chi connectivity index (χ0n) is 13.3. The third kappa shape index (κ3) is 3.28. The Kier molecular flexibility index (Phi) is 4.35. The summed E-state index contributed by atoms with van der Waals surface area (Å²) in [5, 5.41) is 28.5. The van der Waals surface area contributed by atoms with Gasteiger partial charge < -0.3 is 4.57 Å². The Morgan fingerprint density at radius 2 is 1.84 bits per heavy atom. The van der Waals surface area contributed by atoms with E-state index in [2.05, 4.69) is 16.3 Å². The Labute approximate surface area is 143 Å². The number of allylic oxidation sites excluding steroid dienone is 1. The van der Waals surface area contributed by atoms with E-state index in [9.17, 15) is 15.4 Å². The molecule has 0 bridgehead atoms. The Morgan fingerprint density at radius 3 is 2.44 bits per heavy atom. The lowest BCUT2D eigenvalue weighted by molar-refractivity contribution is -0.384. The van der Waals surface area contributed by atoms with Gasteiger partial charge in [0.2, 0.25) is 0 Å². The van der Waals surface area contributed by atoms with Crippen LogP contribution in [0.4, 0.5) is 5.69 Å². The topological polar surface area (TPSA) is 97.6 Å². The summed E-state index contributed by atoms with van der Waals surface area (Å²) in [4.78, 5) is 10.2. The second kappa shape index (κ2) is 6.76. The highest BCUT2D eigenvalue weighted by molar-refractivity contribution is 5.87. The van der Waals surface area contributed by atoms with Crippen molar-refractivity contribution >= 4 is 17.3 Å². The van der Waals surface area contributed by atoms with E-state index in [0.717, 1.165) is 5.56 Å². The van der Waals surface area contributed by atoms with Gasteiger partial charge in [0.1, 0.15) is 6.07 Å². The van der Waals surface area contributed by atoms with Crippen molar-refractivity contribution in [3.05, 3.63) is 76.1 Å². The Hall–Kier alpha value is -3.79. The van der Waals surface area contributed by atoms with Gasteiger partial charge in [0.15, 0.2) is 11.6 Å². The fourth-order valence-corrected chi connectivity index (χ4v) is 2.41. The largest absolute Gasteiger partial charge is 0.310 e. The van der Waals surface area contributed by atoms with Crippen LogP contribution in [0, 0.1) is 21.4 Å². The molecule has 1 aromatic heterocycles. The zero-order chi connectivity index (χ0) is 17.8. The van der Waals surface area contributed by atoms with E-state index in [-0.39, 0.29) is 5.69 Å². The van der Waals surface area contributed by atoms with E-state index in [4.69, 9.17) is 0 Å². The standard InChI is InChI=1S/C18H13N5O2/c1-22-17(14-5-3-2-4-6-14)20-21-18(22)15(12-19)11-13-7-9-16(10-8-13)23(24)25/h2-11H,1H3. The molecule has 2 aromatic carbocycles. The second-order valence-electron chi connectivity index (χ2n) is 5.29. The number of nitrogens with zero attached hydrogens (tertiary/aromatic N) is 5. The third-order valence-corrected chi connectivity index (χ3v) is 3.68. The van der Waals surface area contributed by atoms with Gasteiger partial charge in [0.25, 0.3) is 5.69 Å². The lowest BCUT2D eigenvalue weighted by Gasteiger charge is -2.03. The fourth-order valence-electron chi connectivity index (χ4n) is 2.41. The van der Waals surface area contributed by atoms with Crippen LogP contribution in [0.2, 0.25) is 0 Å². The van der Waals surface area contributed by atoms with Crippen molar-refractivity contribution < 1.29 is 4.92 Å². The highest BCUT2D eigenvalue weighted by Crippen LogP contribution is 2.22. The molecule has 0 amide bonds. The van der Waals surface area contributed by atoms with Crippen molar-refractivity contribution in [2.24, 2.45) is 7.05 Å². The van der Waals surface area contributed by atoms with Gasteiger partial charge in [-0.2, -0.15) is 5.26 Å². The zero-order valence-corrected chi connectivity index (χ0v) is 13.3. The SMILES string of the molecule is Cn1c(C(C#N)=Cc2ccc([N+](=O)[O-])cc2)nnc1-c1ccccc1. The van der Waals surface area contributed by atoms with Crippen molar-refractivity contribution in [1.82, 2.24) is 14.8 Å². The molecule has 1 heterocycles. The van der Waals surface area contributed by atoms with Crippen molar-refractivity contribution in [1.29, 1.82) is 5.26 Å². The van der Waals surface area contributed by atoms with Crippen LogP contribution in [0.25, 0.3) is 23.0 Å². The summed E-state index contributed by atoms with van der Waals surface area (Å²) in [6, 6.07) is 17.6. The lowest BCUT2D eigenvalue weighted by Crippen LogP contribution is -1.98. The molecule has 0 aliphatic carbocycles. The van der Waals surface area contributed by atoms with Gasteiger partial charge in [-0.25, -0.2) is 0 Å². The van der Waals surface area contributed by atoms with Gasteiger partial charge in [-0.15, -0.1) is 10.2 Å². The van der Waals surface area contributed by atoms with Gasteiger partial charge in [0.05, 0.1) is 10.5 Å². The van der Waals surface area contributed by atoms with Gasteiger partial charge in [-0.05, 0) is 23.8 Å². The lowest BCUT2D eigenvalue weighted by atomic mass is 10.1. The first-order valence-corrected chi connectivity index (χ1v) is 7.41. The van der Waals surface area contributed by atoms with Gasteiger partial charge in [-0.1, -0.05) is 30.3 Å². The molecule has 0 spiro atoms. The molecule has 0 unspecified atom stereocenters. The predicted molar refractivity (Wildman–Crippen MR) is 93.0 cm³/mol. The average Bonchev–Trinajstić information content (AvgIpc) is 3.02. The quantitative estimate of drug-likeness (QED) is 0.414. The molecule has 0 fully saturated rings. The van der Waals surface area contributed by atoms with E-state index < -0.39 is 4.92 Å². The Bertz CT molecular complexity index is 983. The molecular formula is C18H13N5O2. The van der Waals surface area contributed by atoms with E-state index >= 15 is 0 Å². The molecule has 0 aliphatic heterocycles. The van der Waals surface area contributed by atoms with Gasteiger partial charge in [-0.3, -0.25) is 10.1 Å². The molecule has 0 radical (unpaired) electrons. The van der Waals surface area contributed by atoms with Crippen LogP contribution >= 0.6 is 0 Å². The molecule has 0 aliphatic rings. The van der Waals surface area contributed by atoms with E-state index in [1.807, 2.05) is 30.3 Å². The van der Waals surface area contributed by atoms with Crippen LogP contribution in [-0.2, 0) is 7.05 Å². The number of nitriles is 1. The normalized spacial score (nSPS) is 11.1. The summed E-state index contributed by atoms with van der Waals surface area (Å²) < 4.78 is 1.75. The van der Waals surface area contributed by atoms with Crippen molar-refractivity contribution in [3.63, 3.8) is 0 Å².